The van der Waals surface area contributed by atoms with E-state index in [0.29, 0.717) is 6.10 Å². The highest BCUT2D eigenvalue weighted by atomic mass is 16.5. The normalized spacial score (nSPS) is 29.3. The molecule has 2 aliphatic heterocycles. The summed E-state index contributed by atoms with van der Waals surface area (Å²) in [5, 5.41) is 10.4. The fourth-order valence-corrected chi connectivity index (χ4v) is 4.37. The molecule has 2 atom stereocenters. The van der Waals surface area contributed by atoms with Gasteiger partial charge in [-0.25, -0.2) is 0 Å². The Labute approximate surface area is 150 Å². The van der Waals surface area contributed by atoms with Crippen molar-refractivity contribution in [2.45, 2.75) is 50.5 Å². The Hall–Kier alpha value is -1.14. The summed E-state index contributed by atoms with van der Waals surface area (Å²) in [7, 11) is 0. The number of hydrogen-bond acceptors (Lipinski definition) is 5. The van der Waals surface area contributed by atoms with Gasteiger partial charge in [-0.05, 0) is 43.4 Å². The smallest absolute Gasteiger partial charge is 0.119 e. The van der Waals surface area contributed by atoms with Crippen molar-refractivity contribution < 1.29 is 14.6 Å². The molecule has 0 aromatic heterocycles. The standard InChI is InChI=1S/C20H30N2O3/c23-20-15-21(14-19(20)22-9-11-24-12-10-22)13-16-5-7-18(8-6-16)25-17-3-1-2-4-17/h5-8,17,19-20,23H,1-4,9-15H2/t19-,20-/m0/s1. The molecule has 0 bridgehead atoms. The molecule has 1 aliphatic carbocycles. The lowest BCUT2D eigenvalue weighted by Crippen LogP contribution is -2.48. The van der Waals surface area contributed by atoms with E-state index >= 15 is 0 Å². The molecule has 1 saturated carbocycles. The summed E-state index contributed by atoms with van der Waals surface area (Å²) in [6, 6.07) is 8.77. The van der Waals surface area contributed by atoms with Crippen LogP contribution in [0.5, 0.6) is 5.75 Å². The number of nitrogens with zero attached hydrogens (tertiary/aromatic N) is 2. The van der Waals surface area contributed by atoms with E-state index < -0.39 is 0 Å². The van der Waals surface area contributed by atoms with Gasteiger partial charge in [0.15, 0.2) is 0 Å². The lowest BCUT2D eigenvalue weighted by atomic mass is 10.1. The van der Waals surface area contributed by atoms with Crippen LogP contribution in [0.4, 0.5) is 0 Å². The van der Waals surface area contributed by atoms with Crippen molar-refractivity contribution in [1.29, 1.82) is 0 Å². The quantitative estimate of drug-likeness (QED) is 0.882. The van der Waals surface area contributed by atoms with E-state index in [4.69, 9.17) is 9.47 Å². The number of morpholine rings is 1. The molecule has 4 rings (SSSR count). The first-order valence-electron chi connectivity index (χ1n) is 9.76. The summed E-state index contributed by atoms with van der Waals surface area (Å²) >= 11 is 0. The van der Waals surface area contributed by atoms with Crippen LogP contribution < -0.4 is 4.74 Å². The topological polar surface area (TPSA) is 45.2 Å². The summed E-state index contributed by atoms with van der Waals surface area (Å²) in [4.78, 5) is 4.74. The van der Waals surface area contributed by atoms with Crippen molar-refractivity contribution in [2.24, 2.45) is 0 Å². The number of likely N-dealkylation sites (tertiary alicyclic amines) is 1. The molecule has 1 N–H and O–H groups in total. The summed E-state index contributed by atoms with van der Waals surface area (Å²) in [5.74, 6) is 0.989. The van der Waals surface area contributed by atoms with Gasteiger partial charge in [-0.2, -0.15) is 0 Å². The molecule has 0 unspecified atom stereocenters. The van der Waals surface area contributed by atoms with Crippen LogP contribution in [0.3, 0.4) is 0 Å². The highest BCUT2D eigenvalue weighted by Gasteiger charge is 2.35. The molecule has 2 saturated heterocycles. The Morgan fingerprint density at radius 2 is 1.76 bits per heavy atom. The van der Waals surface area contributed by atoms with Gasteiger partial charge in [-0.1, -0.05) is 12.1 Å². The van der Waals surface area contributed by atoms with Gasteiger partial charge < -0.3 is 14.6 Å². The predicted octanol–water partition coefficient (Wildman–Crippen LogP) is 1.89. The highest BCUT2D eigenvalue weighted by Crippen LogP contribution is 2.25. The van der Waals surface area contributed by atoms with Crippen LogP contribution in [0.1, 0.15) is 31.2 Å². The molecule has 3 aliphatic rings. The highest BCUT2D eigenvalue weighted by molar-refractivity contribution is 5.27. The molecule has 1 aromatic carbocycles. The van der Waals surface area contributed by atoms with Crippen molar-refractivity contribution in [1.82, 2.24) is 9.80 Å². The average molecular weight is 346 g/mol. The SMILES string of the molecule is O[C@H]1CN(Cc2ccc(OC3CCCC3)cc2)C[C@@H]1N1CCOCC1. The van der Waals surface area contributed by atoms with Crippen LogP contribution in [-0.4, -0.2) is 72.5 Å². The molecule has 1 aromatic rings. The van der Waals surface area contributed by atoms with Gasteiger partial charge in [-0.15, -0.1) is 0 Å². The van der Waals surface area contributed by atoms with Crippen LogP contribution in [0, 0.1) is 0 Å². The van der Waals surface area contributed by atoms with Gasteiger partial charge in [0.25, 0.3) is 0 Å². The Morgan fingerprint density at radius 1 is 1.04 bits per heavy atom. The van der Waals surface area contributed by atoms with Crippen molar-refractivity contribution in [3.63, 3.8) is 0 Å². The molecular weight excluding hydrogens is 316 g/mol. The molecule has 3 fully saturated rings. The molecule has 0 radical (unpaired) electrons. The van der Waals surface area contributed by atoms with E-state index in [2.05, 4.69) is 34.1 Å². The lowest BCUT2D eigenvalue weighted by molar-refractivity contribution is -0.00618. The number of hydrogen-bond donors (Lipinski definition) is 1. The summed E-state index contributed by atoms with van der Waals surface area (Å²) in [5.41, 5.74) is 1.29. The molecule has 5 heteroatoms. The Kier molecular flexibility index (Phi) is 5.56. The van der Waals surface area contributed by atoms with Crippen LogP contribution in [-0.2, 0) is 11.3 Å². The Balaban J connectivity index is 1.29. The van der Waals surface area contributed by atoms with E-state index in [1.54, 1.807) is 0 Å². The van der Waals surface area contributed by atoms with Gasteiger partial charge >= 0.3 is 0 Å². The van der Waals surface area contributed by atoms with Gasteiger partial charge in [0.2, 0.25) is 0 Å². The van der Waals surface area contributed by atoms with Crippen LogP contribution >= 0.6 is 0 Å². The van der Waals surface area contributed by atoms with Gasteiger partial charge in [0.1, 0.15) is 5.75 Å². The monoisotopic (exact) mass is 346 g/mol. The van der Waals surface area contributed by atoms with Crippen molar-refractivity contribution in [2.75, 3.05) is 39.4 Å². The number of aliphatic hydroxyl groups excluding tert-OH is 1. The van der Waals surface area contributed by atoms with Gasteiger partial charge in [0.05, 0.1) is 25.4 Å². The molecule has 138 valence electrons. The predicted molar refractivity (Wildman–Crippen MR) is 96.8 cm³/mol. The summed E-state index contributed by atoms with van der Waals surface area (Å²) < 4.78 is 11.5. The lowest BCUT2D eigenvalue weighted by Gasteiger charge is -2.33. The maximum Gasteiger partial charge on any atom is 0.119 e. The number of ether oxygens (including phenoxy) is 2. The fourth-order valence-electron chi connectivity index (χ4n) is 4.37. The largest absolute Gasteiger partial charge is 0.490 e. The third-order valence-electron chi connectivity index (χ3n) is 5.78. The third-order valence-corrected chi connectivity index (χ3v) is 5.78. The van der Waals surface area contributed by atoms with Crippen molar-refractivity contribution >= 4 is 0 Å². The average Bonchev–Trinajstić information content (AvgIpc) is 3.27. The van der Waals surface area contributed by atoms with Gasteiger partial charge in [-0.3, -0.25) is 9.80 Å². The van der Waals surface area contributed by atoms with E-state index in [1.807, 2.05) is 0 Å². The second kappa shape index (κ2) is 8.04. The second-order valence-corrected chi connectivity index (χ2v) is 7.65. The Morgan fingerprint density at radius 3 is 2.48 bits per heavy atom. The number of rotatable bonds is 5. The van der Waals surface area contributed by atoms with E-state index in [-0.39, 0.29) is 12.1 Å². The molecule has 2 heterocycles. The van der Waals surface area contributed by atoms with Crippen LogP contribution in [0.25, 0.3) is 0 Å². The van der Waals surface area contributed by atoms with E-state index in [9.17, 15) is 5.11 Å². The molecule has 0 amide bonds. The molecule has 5 nitrogen and oxygen atoms in total. The van der Waals surface area contributed by atoms with E-state index in [0.717, 1.165) is 51.7 Å². The van der Waals surface area contributed by atoms with Crippen LogP contribution in [0.15, 0.2) is 24.3 Å². The minimum atomic E-state index is -0.261. The minimum Gasteiger partial charge on any atom is -0.490 e. The minimum absolute atomic E-state index is 0.244. The molecule has 25 heavy (non-hydrogen) atoms. The maximum absolute atomic E-state index is 10.4. The summed E-state index contributed by atoms with van der Waals surface area (Å²) in [6.45, 7) is 6.01. The summed E-state index contributed by atoms with van der Waals surface area (Å²) in [6.07, 6.45) is 5.12. The first-order valence-corrected chi connectivity index (χ1v) is 9.76. The zero-order valence-corrected chi connectivity index (χ0v) is 15.0. The number of benzene rings is 1. The van der Waals surface area contributed by atoms with Crippen molar-refractivity contribution in [3.05, 3.63) is 29.8 Å². The first-order chi connectivity index (χ1) is 12.3. The van der Waals surface area contributed by atoms with Crippen LogP contribution in [0.2, 0.25) is 0 Å². The molecule has 0 spiro atoms. The van der Waals surface area contributed by atoms with Gasteiger partial charge in [0, 0.05) is 38.8 Å². The first kappa shape index (κ1) is 17.3. The third kappa shape index (κ3) is 4.34. The molecular formula is C20H30N2O3. The zero-order chi connectivity index (χ0) is 17.1. The number of aliphatic hydroxyl groups is 1. The maximum atomic E-state index is 10.4. The second-order valence-electron chi connectivity index (χ2n) is 7.65. The Bertz CT molecular complexity index is 538. The zero-order valence-electron chi connectivity index (χ0n) is 15.0. The van der Waals surface area contributed by atoms with Crippen molar-refractivity contribution in [3.8, 4) is 5.75 Å². The fraction of sp³-hybridized carbons (Fsp3) is 0.700. The number of β-amino-alcohol motifs (C(OH)–C–C–N with tert-alkyl or cyclic N) is 1. The van der Waals surface area contributed by atoms with E-state index in [1.165, 1.54) is 31.2 Å².